The van der Waals surface area contributed by atoms with Gasteiger partial charge in [0.2, 0.25) is 0 Å². The summed E-state index contributed by atoms with van der Waals surface area (Å²) < 4.78 is 0. The van der Waals surface area contributed by atoms with Crippen molar-refractivity contribution in [3.8, 4) is 0 Å². The molecule has 80 valence electrons. The van der Waals surface area contributed by atoms with Crippen LogP contribution in [0.1, 0.15) is 19.3 Å². The van der Waals surface area contributed by atoms with Gasteiger partial charge in [0.25, 0.3) is 0 Å². The lowest BCUT2D eigenvalue weighted by Gasteiger charge is -2.24. The van der Waals surface area contributed by atoms with E-state index in [9.17, 15) is 0 Å². The first-order valence-electron chi connectivity index (χ1n) is 5.76. The van der Waals surface area contributed by atoms with Crippen molar-refractivity contribution in [1.29, 1.82) is 0 Å². The summed E-state index contributed by atoms with van der Waals surface area (Å²) in [5, 5.41) is 25.0. The molecule has 0 aromatic heterocycles. The molecule has 0 saturated heterocycles. The average Bonchev–Trinajstić information content (AvgIpc) is 2.83. The SMILES string of the molecule is O/N=C1/C[C@@H]2[C@@H]3C/C(=N/O)[C@H]4[C@H]3C[C@H]2[C@@H]14. The molecule has 2 bridgehead atoms. The van der Waals surface area contributed by atoms with Gasteiger partial charge in [-0.05, 0) is 42.9 Å². The van der Waals surface area contributed by atoms with Gasteiger partial charge < -0.3 is 10.4 Å². The monoisotopic (exact) mass is 206 g/mol. The molecular weight excluding hydrogens is 192 g/mol. The van der Waals surface area contributed by atoms with Gasteiger partial charge in [0.1, 0.15) is 0 Å². The standard InChI is InChI=1S/C11H14N2O2/c14-12-8-2-4-5-3-9(13-15)11-7(5)1-6(4)10(8)11/h4-7,10-11,14-15H,1-3H2/b12-8-,13-9-/t4-,5+,6-,7+,10+,11-. The van der Waals surface area contributed by atoms with E-state index in [1.54, 1.807) is 0 Å². The van der Waals surface area contributed by atoms with Crippen molar-refractivity contribution in [2.75, 3.05) is 0 Å². The predicted molar refractivity (Wildman–Crippen MR) is 53.2 cm³/mol. The molecule has 0 spiro atoms. The molecule has 4 aliphatic rings. The van der Waals surface area contributed by atoms with Gasteiger partial charge in [0.05, 0.1) is 11.4 Å². The van der Waals surface area contributed by atoms with E-state index < -0.39 is 0 Å². The average molecular weight is 206 g/mol. The van der Waals surface area contributed by atoms with Gasteiger partial charge in [0, 0.05) is 11.8 Å². The minimum absolute atomic E-state index is 0.398. The van der Waals surface area contributed by atoms with Gasteiger partial charge in [-0.1, -0.05) is 10.3 Å². The van der Waals surface area contributed by atoms with Gasteiger partial charge >= 0.3 is 0 Å². The van der Waals surface area contributed by atoms with Gasteiger partial charge in [-0.2, -0.15) is 0 Å². The Hall–Kier alpha value is -1.06. The molecule has 0 radical (unpaired) electrons. The Morgan fingerprint density at radius 1 is 0.800 bits per heavy atom. The van der Waals surface area contributed by atoms with E-state index in [1.807, 2.05) is 0 Å². The molecule has 4 fully saturated rings. The van der Waals surface area contributed by atoms with E-state index >= 15 is 0 Å². The third-order valence-corrected chi connectivity index (χ3v) is 5.42. The van der Waals surface area contributed by atoms with Crippen LogP contribution >= 0.6 is 0 Å². The Labute approximate surface area is 87.7 Å². The van der Waals surface area contributed by atoms with Gasteiger partial charge in [-0.25, -0.2) is 0 Å². The van der Waals surface area contributed by atoms with E-state index in [0.29, 0.717) is 23.7 Å². The predicted octanol–water partition coefficient (Wildman–Crippen LogP) is 1.57. The first-order valence-corrected chi connectivity index (χ1v) is 5.76. The third-order valence-electron chi connectivity index (χ3n) is 5.42. The van der Waals surface area contributed by atoms with Crippen LogP contribution in [0, 0.1) is 35.5 Å². The molecule has 0 aromatic carbocycles. The smallest absolute Gasteiger partial charge is 0.0614 e. The Morgan fingerprint density at radius 3 is 1.67 bits per heavy atom. The van der Waals surface area contributed by atoms with E-state index in [1.165, 1.54) is 6.42 Å². The third kappa shape index (κ3) is 0.703. The molecule has 4 aliphatic carbocycles. The second-order valence-corrected chi connectivity index (χ2v) is 5.53. The molecule has 15 heavy (non-hydrogen) atoms. The highest BCUT2D eigenvalue weighted by Crippen LogP contribution is 2.68. The Balaban J connectivity index is 1.87. The topological polar surface area (TPSA) is 65.2 Å². The van der Waals surface area contributed by atoms with E-state index in [4.69, 9.17) is 10.4 Å². The van der Waals surface area contributed by atoms with Gasteiger partial charge in [-0.15, -0.1) is 0 Å². The molecule has 0 aliphatic heterocycles. The highest BCUT2D eigenvalue weighted by molar-refractivity contribution is 6.00. The van der Waals surface area contributed by atoms with Crippen LogP contribution in [0.3, 0.4) is 0 Å². The summed E-state index contributed by atoms with van der Waals surface area (Å²) in [5.41, 5.74) is 1.95. The van der Waals surface area contributed by atoms with Crippen LogP contribution in [0.15, 0.2) is 10.3 Å². The van der Waals surface area contributed by atoms with Gasteiger partial charge in [-0.3, -0.25) is 0 Å². The highest BCUT2D eigenvalue weighted by atomic mass is 16.4. The van der Waals surface area contributed by atoms with Crippen molar-refractivity contribution in [3.05, 3.63) is 0 Å². The number of nitrogens with zero attached hydrogens (tertiary/aromatic N) is 2. The molecule has 4 nitrogen and oxygen atoms in total. The normalized spacial score (nSPS) is 60.0. The zero-order chi connectivity index (χ0) is 10.2. The zero-order valence-electron chi connectivity index (χ0n) is 8.37. The summed E-state index contributed by atoms with van der Waals surface area (Å²) in [6.45, 7) is 0. The van der Waals surface area contributed by atoms with Crippen molar-refractivity contribution in [3.63, 3.8) is 0 Å². The van der Waals surface area contributed by atoms with E-state index in [-0.39, 0.29) is 0 Å². The molecule has 0 amide bonds. The Kier molecular flexibility index (Phi) is 1.28. The van der Waals surface area contributed by atoms with Crippen LogP contribution in [0.5, 0.6) is 0 Å². The minimum Gasteiger partial charge on any atom is -0.411 e. The quantitative estimate of drug-likeness (QED) is 0.466. The fraction of sp³-hybridized carbons (Fsp3) is 0.818. The first kappa shape index (κ1) is 8.13. The van der Waals surface area contributed by atoms with Crippen LogP contribution < -0.4 is 0 Å². The van der Waals surface area contributed by atoms with Crippen molar-refractivity contribution in [2.24, 2.45) is 45.8 Å². The van der Waals surface area contributed by atoms with Crippen LogP contribution in [0.4, 0.5) is 0 Å². The largest absolute Gasteiger partial charge is 0.411 e. The zero-order valence-corrected chi connectivity index (χ0v) is 8.37. The van der Waals surface area contributed by atoms with E-state index in [2.05, 4.69) is 10.3 Å². The second kappa shape index (κ2) is 2.36. The van der Waals surface area contributed by atoms with Crippen molar-refractivity contribution in [1.82, 2.24) is 0 Å². The molecule has 0 unspecified atom stereocenters. The highest BCUT2D eigenvalue weighted by Gasteiger charge is 2.67. The van der Waals surface area contributed by atoms with Crippen LogP contribution in [0.25, 0.3) is 0 Å². The summed E-state index contributed by atoms with van der Waals surface area (Å²) >= 11 is 0. The molecule has 4 heteroatoms. The maximum atomic E-state index is 9.02. The fourth-order valence-electron chi connectivity index (χ4n) is 5.14. The summed E-state index contributed by atoms with van der Waals surface area (Å²) in [6, 6.07) is 0. The van der Waals surface area contributed by atoms with E-state index in [0.717, 1.165) is 36.1 Å². The summed E-state index contributed by atoms with van der Waals surface area (Å²) in [4.78, 5) is 0. The van der Waals surface area contributed by atoms with Crippen LogP contribution in [0.2, 0.25) is 0 Å². The first-order chi connectivity index (χ1) is 7.35. The lowest BCUT2D eigenvalue weighted by atomic mass is 9.79. The van der Waals surface area contributed by atoms with Crippen molar-refractivity contribution < 1.29 is 10.4 Å². The summed E-state index contributed by atoms with van der Waals surface area (Å²) in [6.07, 6.45) is 3.24. The molecule has 4 saturated carbocycles. The van der Waals surface area contributed by atoms with Crippen molar-refractivity contribution in [2.45, 2.75) is 19.3 Å². The molecule has 0 heterocycles. The second-order valence-electron chi connectivity index (χ2n) is 5.53. The lowest BCUT2D eigenvalue weighted by Crippen LogP contribution is -2.26. The molecule has 2 N–H and O–H groups in total. The van der Waals surface area contributed by atoms with Crippen molar-refractivity contribution >= 4 is 11.4 Å². The Bertz CT molecular complexity index is 350. The number of oxime groups is 2. The molecule has 0 aromatic rings. The van der Waals surface area contributed by atoms with Crippen LogP contribution in [-0.4, -0.2) is 21.8 Å². The van der Waals surface area contributed by atoms with Crippen LogP contribution in [-0.2, 0) is 0 Å². The summed E-state index contributed by atoms with van der Waals surface area (Å²) in [7, 11) is 0. The number of hydrogen-bond acceptors (Lipinski definition) is 4. The number of rotatable bonds is 0. The minimum atomic E-state index is 0.398. The number of fused-ring (bicyclic) bond motifs is 2. The van der Waals surface area contributed by atoms with Gasteiger partial charge in [0.15, 0.2) is 0 Å². The lowest BCUT2D eigenvalue weighted by molar-refractivity contribution is 0.240. The maximum Gasteiger partial charge on any atom is 0.0614 e. The molecule has 6 atom stereocenters. The fourth-order valence-corrected chi connectivity index (χ4v) is 5.14. The Morgan fingerprint density at radius 2 is 1.27 bits per heavy atom. The summed E-state index contributed by atoms with van der Waals surface area (Å²) in [5.74, 6) is 3.65. The number of hydrogen-bond donors (Lipinski definition) is 2. The molecular formula is C11H14N2O2. The maximum absolute atomic E-state index is 9.02. The molecule has 4 rings (SSSR count).